The minimum absolute atomic E-state index is 0.0389. The number of carbonyl (C=O) groups excluding carboxylic acids is 1. The summed E-state index contributed by atoms with van der Waals surface area (Å²) in [6, 6.07) is 31.8. The van der Waals surface area contributed by atoms with Crippen LogP contribution in [0.25, 0.3) is 10.8 Å². The van der Waals surface area contributed by atoms with E-state index in [0.29, 0.717) is 17.9 Å². The highest BCUT2D eigenvalue weighted by Crippen LogP contribution is 2.63. The Bertz CT molecular complexity index is 1400. The third kappa shape index (κ3) is 3.14. The van der Waals surface area contributed by atoms with Crippen LogP contribution in [0.15, 0.2) is 91.0 Å². The zero-order valence-electron chi connectivity index (χ0n) is 19.1. The molecule has 4 aromatic rings. The van der Waals surface area contributed by atoms with Gasteiger partial charge in [0.15, 0.2) is 0 Å². The van der Waals surface area contributed by atoms with E-state index < -0.39 is 0 Å². The average Bonchev–Trinajstić information content (AvgIpc) is 3.51. The summed E-state index contributed by atoms with van der Waals surface area (Å²) in [5.41, 5.74) is 5.50. The van der Waals surface area contributed by atoms with Crippen LogP contribution in [0.5, 0.6) is 0 Å². The van der Waals surface area contributed by atoms with Gasteiger partial charge >= 0.3 is 0 Å². The molecule has 1 aliphatic heterocycles. The lowest BCUT2D eigenvalue weighted by atomic mass is 9.68. The molecule has 168 valence electrons. The Kier molecular flexibility index (Phi) is 4.51. The number of hydrogen-bond donors (Lipinski definition) is 2. The summed E-state index contributed by atoms with van der Waals surface area (Å²) < 4.78 is 0. The zero-order chi connectivity index (χ0) is 22.6. The van der Waals surface area contributed by atoms with E-state index >= 15 is 0 Å². The summed E-state index contributed by atoms with van der Waals surface area (Å²) >= 11 is 0. The standard InChI is InChI=1S/C31H28N2O/c34-31(32-25-14-12-19-6-4-5-9-21(19)17-25)24-13-15-27-26(18-24)28-22-10-11-23(16-22)29(28)30(33-27)20-7-2-1-3-8-20/h1-9,12-15,17-18,22-23,28-30,33H,10-11,16H2,(H,32,34)/t22-,23-,28-,29-,30-/m0/s1. The maximum absolute atomic E-state index is 13.2. The number of amides is 1. The van der Waals surface area contributed by atoms with E-state index in [9.17, 15) is 4.79 Å². The molecule has 0 saturated heterocycles. The third-order valence-electron chi connectivity index (χ3n) is 8.52. The first-order chi connectivity index (χ1) is 16.7. The number of benzene rings is 4. The first kappa shape index (κ1) is 19.8. The van der Waals surface area contributed by atoms with Crippen molar-refractivity contribution >= 4 is 28.1 Å². The van der Waals surface area contributed by atoms with E-state index in [0.717, 1.165) is 28.5 Å². The fraction of sp³-hybridized carbons (Fsp3) is 0.258. The molecule has 1 heterocycles. The Labute approximate surface area is 200 Å². The van der Waals surface area contributed by atoms with Gasteiger partial charge in [-0.15, -0.1) is 0 Å². The van der Waals surface area contributed by atoms with Gasteiger partial charge in [0.05, 0.1) is 6.04 Å². The minimum atomic E-state index is -0.0389. The van der Waals surface area contributed by atoms with Crippen LogP contribution < -0.4 is 10.6 Å². The summed E-state index contributed by atoms with van der Waals surface area (Å²) in [7, 11) is 0. The van der Waals surface area contributed by atoms with E-state index in [1.54, 1.807) is 0 Å². The van der Waals surface area contributed by atoms with Crippen LogP contribution in [0, 0.1) is 17.8 Å². The number of nitrogens with one attached hydrogen (secondary N) is 2. The fourth-order valence-corrected chi connectivity index (χ4v) is 7.09. The van der Waals surface area contributed by atoms with Gasteiger partial charge in [0, 0.05) is 16.9 Å². The van der Waals surface area contributed by atoms with Crippen molar-refractivity contribution in [2.45, 2.75) is 31.2 Å². The lowest BCUT2D eigenvalue weighted by molar-refractivity contribution is 0.102. The van der Waals surface area contributed by atoms with Gasteiger partial charge in [0.1, 0.15) is 0 Å². The Morgan fingerprint density at radius 3 is 2.47 bits per heavy atom. The Balaban J connectivity index is 1.22. The molecule has 2 fully saturated rings. The van der Waals surface area contributed by atoms with Gasteiger partial charge in [-0.25, -0.2) is 0 Å². The topological polar surface area (TPSA) is 41.1 Å². The number of hydrogen-bond acceptors (Lipinski definition) is 2. The van der Waals surface area contributed by atoms with Gasteiger partial charge in [-0.3, -0.25) is 4.79 Å². The van der Waals surface area contributed by atoms with Crippen LogP contribution >= 0.6 is 0 Å². The monoisotopic (exact) mass is 444 g/mol. The van der Waals surface area contributed by atoms with Crippen LogP contribution in [-0.2, 0) is 0 Å². The molecule has 4 aromatic carbocycles. The van der Waals surface area contributed by atoms with Crippen LogP contribution in [-0.4, -0.2) is 5.91 Å². The van der Waals surface area contributed by atoms with Crippen LogP contribution in [0.3, 0.4) is 0 Å². The van der Waals surface area contributed by atoms with E-state index in [1.165, 1.54) is 41.5 Å². The Morgan fingerprint density at radius 1 is 0.794 bits per heavy atom. The van der Waals surface area contributed by atoms with Crippen molar-refractivity contribution in [3.05, 3.63) is 108 Å². The van der Waals surface area contributed by atoms with Crippen molar-refractivity contribution in [3.8, 4) is 0 Å². The lowest BCUT2D eigenvalue weighted by Crippen LogP contribution is -2.35. The summed E-state index contributed by atoms with van der Waals surface area (Å²) in [6.07, 6.45) is 3.99. The van der Waals surface area contributed by atoms with Gasteiger partial charge in [-0.2, -0.15) is 0 Å². The molecule has 0 unspecified atom stereocenters. The first-order valence-electron chi connectivity index (χ1n) is 12.5. The molecule has 7 rings (SSSR count). The minimum Gasteiger partial charge on any atom is -0.378 e. The average molecular weight is 445 g/mol. The highest BCUT2D eigenvalue weighted by atomic mass is 16.1. The predicted molar refractivity (Wildman–Crippen MR) is 138 cm³/mol. The molecule has 0 spiro atoms. The van der Waals surface area contributed by atoms with Crippen LogP contribution in [0.1, 0.15) is 52.7 Å². The first-order valence-corrected chi connectivity index (χ1v) is 12.5. The Hall–Kier alpha value is -3.59. The molecule has 3 nitrogen and oxygen atoms in total. The van der Waals surface area contributed by atoms with E-state index in [1.807, 2.05) is 30.3 Å². The van der Waals surface area contributed by atoms with Crippen molar-refractivity contribution in [2.75, 3.05) is 10.6 Å². The molecule has 1 amide bonds. The van der Waals surface area contributed by atoms with Crippen molar-refractivity contribution in [3.63, 3.8) is 0 Å². The number of carbonyl (C=O) groups is 1. The molecule has 3 heteroatoms. The van der Waals surface area contributed by atoms with Crippen molar-refractivity contribution in [1.29, 1.82) is 0 Å². The molecular formula is C31H28N2O. The highest BCUT2D eigenvalue weighted by molar-refractivity contribution is 6.05. The van der Waals surface area contributed by atoms with Crippen LogP contribution in [0.4, 0.5) is 11.4 Å². The second-order valence-corrected chi connectivity index (χ2v) is 10.3. The summed E-state index contributed by atoms with van der Waals surface area (Å²) in [5, 5.41) is 9.31. The quantitative estimate of drug-likeness (QED) is 0.346. The molecule has 2 saturated carbocycles. The summed E-state index contributed by atoms with van der Waals surface area (Å²) in [6.45, 7) is 0. The Morgan fingerprint density at radius 2 is 1.59 bits per heavy atom. The number of anilines is 2. The second-order valence-electron chi connectivity index (χ2n) is 10.3. The highest BCUT2D eigenvalue weighted by Gasteiger charge is 2.53. The molecular weight excluding hydrogens is 416 g/mol. The molecule has 2 aliphatic carbocycles. The van der Waals surface area contributed by atoms with Crippen molar-refractivity contribution in [1.82, 2.24) is 0 Å². The normalized spacial score (nSPS) is 26.5. The van der Waals surface area contributed by atoms with Crippen LogP contribution in [0.2, 0.25) is 0 Å². The van der Waals surface area contributed by atoms with Gasteiger partial charge < -0.3 is 10.6 Å². The van der Waals surface area contributed by atoms with Gasteiger partial charge in [-0.1, -0.05) is 60.7 Å². The molecule has 2 N–H and O–H groups in total. The van der Waals surface area contributed by atoms with Crippen molar-refractivity contribution in [2.24, 2.45) is 17.8 Å². The molecule has 3 aliphatic rings. The van der Waals surface area contributed by atoms with Gasteiger partial charge in [-0.05, 0) is 95.2 Å². The molecule has 34 heavy (non-hydrogen) atoms. The molecule has 2 bridgehead atoms. The van der Waals surface area contributed by atoms with Gasteiger partial charge in [0.25, 0.3) is 5.91 Å². The second kappa shape index (κ2) is 7.73. The summed E-state index contributed by atoms with van der Waals surface area (Å²) in [5.74, 6) is 2.61. The fourth-order valence-electron chi connectivity index (χ4n) is 7.09. The van der Waals surface area contributed by atoms with E-state index in [4.69, 9.17) is 0 Å². The molecule has 0 aromatic heterocycles. The van der Waals surface area contributed by atoms with E-state index in [2.05, 4.69) is 71.3 Å². The van der Waals surface area contributed by atoms with E-state index in [-0.39, 0.29) is 5.91 Å². The van der Waals surface area contributed by atoms with Gasteiger partial charge in [0.2, 0.25) is 0 Å². The van der Waals surface area contributed by atoms with Crippen molar-refractivity contribution < 1.29 is 4.79 Å². The largest absolute Gasteiger partial charge is 0.378 e. The number of fused-ring (bicyclic) bond motifs is 8. The smallest absolute Gasteiger partial charge is 0.255 e. The number of rotatable bonds is 3. The molecule has 5 atom stereocenters. The zero-order valence-corrected chi connectivity index (χ0v) is 19.1. The maximum Gasteiger partial charge on any atom is 0.255 e. The molecule has 0 radical (unpaired) electrons. The lowest BCUT2D eigenvalue weighted by Gasteiger charge is -2.43. The SMILES string of the molecule is O=C(Nc1ccc2ccccc2c1)c1ccc2c(c1)[C@@H]1[C@H]3CC[C@@H](C3)[C@@H]1[C@H](c1ccccc1)N2. The third-order valence-corrected chi connectivity index (χ3v) is 8.52. The maximum atomic E-state index is 13.2. The predicted octanol–water partition coefficient (Wildman–Crippen LogP) is 7.39. The summed E-state index contributed by atoms with van der Waals surface area (Å²) in [4.78, 5) is 13.2.